The standard InChI is InChI=1S/C26H27F3N4O4S/c1-15-11-25(12-15,24-31-30-14-32(24)3)18-6-5-7-19(10-18)33-13-21-20(23(33)34)8-17(9-22(21)26(27,28)29)16(2)37-38(4,35)36/h5-10,14-16H,11-13H2,1-4H3. The SMILES string of the molecule is CC1CC(c2cccc(N3Cc4c(cc(C(C)OS(C)(=O)=O)cc4C(F)(F)F)C3=O)c2)(c2nncn2C)C1. The van der Waals surface area contributed by atoms with Crippen molar-refractivity contribution in [3.63, 3.8) is 0 Å². The molecule has 1 amide bonds. The normalized spacial score (nSPS) is 22.3. The molecule has 2 aliphatic rings. The molecular formula is C26H27F3N4O4S. The Morgan fingerprint density at radius 3 is 2.47 bits per heavy atom. The summed E-state index contributed by atoms with van der Waals surface area (Å²) in [6.07, 6.45) is -1.84. The first-order chi connectivity index (χ1) is 17.7. The summed E-state index contributed by atoms with van der Waals surface area (Å²) in [6.45, 7) is 3.21. The summed E-state index contributed by atoms with van der Waals surface area (Å²) in [7, 11) is -2.06. The molecule has 12 heteroatoms. The van der Waals surface area contributed by atoms with Crippen molar-refractivity contribution < 1.29 is 30.6 Å². The van der Waals surface area contributed by atoms with Crippen LogP contribution in [0.4, 0.5) is 18.9 Å². The van der Waals surface area contributed by atoms with Crippen molar-refractivity contribution in [2.24, 2.45) is 13.0 Å². The first-order valence-electron chi connectivity index (χ1n) is 12.1. The zero-order valence-corrected chi connectivity index (χ0v) is 22.1. The Labute approximate surface area is 218 Å². The number of carbonyl (C=O) groups is 1. The highest BCUT2D eigenvalue weighted by Crippen LogP contribution is 2.52. The number of hydrogen-bond acceptors (Lipinski definition) is 6. The minimum absolute atomic E-state index is 0.0462. The lowest BCUT2D eigenvalue weighted by atomic mass is 9.58. The van der Waals surface area contributed by atoms with Crippen LogP contribution in [0, 0.1) is 5.92 Å². The highest BCUT2D eigenvalue weighted by atomic mass is 32.2. The maximum absolute atomic E-state index is 14.1. The third-order valence-electron chi connectivity index (χ3n) is 7.40. The topological polar surface area (TPSA) is 94.4 Å². The maximum atomic E-state index is 14.1. The van der Waals surface area contributed by atoms with E-state index in [0.717, 1.165) is 36.6 Å². The molecule has 202 valence electrons. The van der Waals surface area contributed by atoms with Gasteiger partial charge in [-0.15, -0.1) is 10.2 Å². The molecule has 1 aliphatic carbocycles. The van der Waals surface area contributed by atoms with Crippen LogP contribution in [0.15, 0.2) is 42.7 Å². The second kappa shape index (κ2) is 8.91. The van der Waals surface area contributed by atoms with Crippen molar-refractivity contribution in [3.05, 3.63) is 76.4 Å². The molecule has 1 saturated carbocycles. The van der Waals surface area contributed by atoms with Crippen LogP contribution >= 0.6 is 0 Å². The number of halogens is 3. The maximum Gasteiger partial charge on any atom is 0.416 e. The van der Waals surface area contributed by atoms with E-state index < -0.39 is 39.3 Å². The van der Waals surface area contributed by atoms with E-state index in [1.54, 1.807) is 18.5 Å². The van der Waals surface area contributed by atoms with Crippen LogP contribution in [-0.2, 0) is 39.5 Å². The zero-order chi connectivity index (χ0) is 27.6. The van der Waals surface area contributed by atoms with Gasteiger partial charge in [-0.3, -0.25) is 8.98 Å². The molecule has 5 rings (SSSR count). The zero-order valence-electron chi connectivity index (χ0n) is 21.3. The molecule has 1 atom stereocenters. The first-order valence-corrected chi connectivity index (χ1v) is 13.9. The van der Waals surface area contributed by atoms with Crippen molar-refractivity contribution in [1.82, 2.24) is 14.8 Å². The molecule has 1 aromatic heterocycles. The van der Waals surface area contributed by atoms with Gasteiger partial charge in [-0.25, -0.2) is 0 Å². The minimum atomic E-state index is -4.75. The lowest BCUT2D eigenvalue weighted by molar-refractivity contribution is -0.138. The van der Waals surface area contributed by atoms with Gasteiger partial charge in [0.15, 0.2) is 0 Å². The second-order valence-corrected chi connectivity index (χ2v) is 11.9. The number of carbonyl (C=O) groups excluding carboxylic acids is 1. The number of alkyl halides is 3. The monoisotopic (exact) mass is 548 g/mol. The van der Waals surface area contributed by atoms with Crippen LogP contribution in [0.1, 0.15) is 71.2 Å². The highest BCUT2D eigenvalue weighted by molar-refractivity contribution is 7.86. The molecular weight excluding hydrogens is 521 g/mol. The Hall–Kier alpha value is -3.25. The number of rotatable bonds is 6. The van der Waals surface area contributed by atoms with Crippen LogP contribution in [0.25, 0.3) is 0 Å². The van der Waals surface area contributed by atoms with Crippen molar-refractivity contribution in [1.29, 1.82) is 0 Å². The average molecular weight is 549 g/mol. The van der Waals surface area contributed by atoms with Gasteiger partial charge >= 0.3 is 6.18 Å². The molecule has 1 fully saturated rings. The predicted molar refractivity (Wildman–Crippen MR) is 133 cm³/mol. The largest absolute Gasteiger partial charge is 0.416 e. The molecule has 0 radical (unpaired) electrons. The van der Waals surface area contributed by atoms with Gasteiger partial charge in [0, 0.05) is 18.3 Å². The molecule has 0 bridgehead atoms. The van der Waals surface area contributed by atoms with Crippen LogP contribution in [0.5, 0.6) is 0 Å². The number of hydrogen-bond donors (Lipinski definition) is 0. The Bertz CT molecular complexity index is 1530. The number of benzene rings is 2. The fraction of sp³-hybridized carbons (Fsp3) is 0.423. The molecule has 2 heterocycles. The summed E-state index contributed by atoms with van der Waals surface area (Å²) in [6, 6.07) is 9.43. The average Bonchev–Trinajstić information content (AvgIpc) is 3.37. The van der Waals surface area contributed by atoms with Gasteiger partial charge in [-0.2, -0.15) is 21.6 Å². The smallest absolute Gasteiger partial charge is 0.320 e. The summed E-state index contributed by atoms with van der Waals surface area (Å²) in [5, 5.41) is 8.37. The molecule has 3 aromatic rings. The third kappa shape index (κ3) is 4.49. The Kier molecular flexibility index (Phi) is 6.18. The number of aromatic nitrogens is 3. The predicted octanol–water partition coefficient (Wildman–Crippen LogP) is 4.75. The molecule has 0 spiro atoms. The van der Waals surface area contributed by atoms with Crippen molar-refractivity contribution >= 4 is 21.7 Å². The van der Waals surface area contributed by atoms with Crippen molar-refractivity contribution in [2.75, 3.05) is 11.2 Å². The third-order valence-corrected chi connectivity index (χ3v) is 8.04. The van der Waals surface area contributed by atoms with Gasteiger partial charge in [-0.1, -0.05) is 19.1 Å². The highest BCUT2D eigenvalue weighted by Gasteiger charge is 2.48. The summed E-state index contributed by atoms with van der Waals surface area (Å²) in [5.41, 5.74) is -0.314. The Balaban J connectivity index is 1.55. The van der Waals surface area contributed by atoms with Gasteiger partial charge in [0.2, 0.25) is 0 Å². The lowest BCUT2D eigenvalue weighted by Gasteiger charge is -2.46. The van der Waals surface area contributed by atoms with Crippen LogP contribution in [-0.4, -0.2) is 35.3 Å². The Morgan fingerprint density at radius 2 is 1.89 bits per heavy atom. The summed E-state index contributed by atoms with van der Waals surface area (Å²) in [5.74, 6) is 0.662. The van der Waals surface area contributed by atoms with E-state index in [0.29, 0.717) is 11.6 Å². The fourth-order valence-electron chi connectivity index (χ4n) is 5.81. The van der Waals surface area contributed by atoms with Gasteiger partial charge in [-0.05, 0) is 66.6 Å². The van der Waals surface area contributed by atoms with E-state index in [9.17, 15) is 26.4 Å². The van der Waals surface area contributed by atoms with Gasteiger partial charge in [0.25, 0.3) is 16.0 Å². The number of fused-ring (bicyclic) bond motifs is 1. The van der Waals surface area contributed by atoms with Crippen LogP contribution in [0.2, 0.25) is 0 Å². The number of aryl methyl sites for hydroxylation is 1. The van der Waals surface area contributed by atoms with E-state index in [-0.39, 0.29) is 23.2 Å². The minimum Gasteiger partial charge on any atom is -0.320 e. The van der Waals surface area contributed by atoms with E-state index in [2.05, 4.69) is 17.1 Å². The molecule has 0 N–H and O–H groups in total. The molecule has 2 aromatic carbocycles. The van der Waals surface area contributed by atoms with Gasteiger partial charge in [0.05, 0.1) is 29.9 Å². The molecule has 0 saturated heterocycles. The molecule has 8 nitrogen and oxygen atoms in total. The van der Waals surface area contributed by atoms with E-state index >= 15 is 0 Å². The fourth-order valence-corrected chi connectivity index (χ4v) is 6.45. The summed E-state index contributed by atoms with van der Waals surface area (Å²) >= 11 is 0. The number of anilines is 1. The number of nitrogens with zero attached hydrogens (tertiary/aromatic N) is 4. The van der Waals surface area contributed by atoms with Crippen molar-refractivity contribution in [3.8, 4) is 0 Å². The van der Waals surface area contributed by atoms with Crippen LogP contribution < -0.4 is 4.90 Å². The molecule has 1 aliphatic heterocycles. The van der Waals surface area contributed by atoms with Crippen LogP contribution in [0.3, 0.4) is 0 Å². The first kappa shape index (κ1) is 26.4. The van der Waals surface area contributed by atoms with E-state index in [1.807, 2.05) is 23.7 Å². The number of amides is 1. The van der Waals surface area contributed by atoms with E-state index in [1.165, 1.54) is 17.9 Å². The van der Waals surface area contributed by atoms with Crippen molar-refractivity contribution in [2.45, 2.75) is 50.9 Å². The Morgan fingerprint density at radius 1 is 1.18 bits per heavy atom. The van der Waals surface area contributed by atoms with Gasteiger partial charge in [0.1, 0.15) is 12.2 Å². The van der Waals surface area contributed by atoms with Gasteiger partial charge < -0.3 is 9.47 Å². The quantitative estimate of drug-likeness (QED) is 0.413. The van der Waals surface area contributed by atoms with E-state index in [4.69, 9.17) is 4.18 Å². The second-order valence-electron chi connectivity index (χ2n) is 10.3. The summed E-state index contributed by atoms with van der Waals surface area (Å²) in [4.78, 5) is 14.8. The molecule has 1 unspecified atom stereocenters. The lowest BCUT2D eigenvalue weighted by Crippen LogP contribution is -2.43. The molecule has 38 heavy (non-hydrogen) atoms. The summed E-state index contributed by atoms with van der Waals surface area (Å²) < 4.78 is 72.1.